The normalized spacial score (nSPS) is 13.2. The molecule has 0 bridgehead atoms. The van der Waals surface area contributed by atoms with Crippen molar-refractivity contribution in [3.63, 3.8) is 0 Å². The summed E-state index contributed by atoms with van der Waals surface area (Å²) in [6.45, 7) is 12.0. The van der Waals surface area contributed by atoms with Crippen molar-refractivity contribution in [1.29, 1.82) is 0 Å². The van der Waals surface area contributed by atoms with Crippen molar-refractivity contribution in [2.45, 2.75) is 78.6 Å². The zero-order valence-electron chi connectivity index (χ0n) is 14.3. The lowest BCUT2D eigenvalue weighted by atomic mass is 10.5. The lowest BCUT2D eigenvalue weighted by Gasteiger charge is -2.35. The minimum absolute atomic E-state index is 0.0581. The van der Waals surface area contributed by atoms with Gasteiger partial charge in [-0.1, -0.05) is 0 Å². The van der Waals surface area contributed by atoms with Crippen LogP contribution in [0.5, 0.6) is 0 Å². The molecule has 0 aromatic heterocycles. The molecule has 0 spiro atoms. The predicted octanol–water partition coefficient (Wildman–Crippen LogP) is 3.21. The molecule has 0 saturated carbocycles. The highest BCUT2D eigenvalue weighted by Crippen LogP contribution is 2.25. The van der Waals surface area contributed by atoms with Crippen LogP contribution in [0, 0.1) is 0 Å². The first-order chi connectivity index (χ1) is 9.24. The summed E-state index contributed by atoms with van der Waals surface area (Å²) in [7, 11) is 0.524. The molecule has 0 fully saturated rings. The monoisotopic (exact) mass is 308 g/mol. The maximum absolute atomic E-state index is 6.08. The Labute approximate surface area is 125 Å². The second-order valence-corrected chi connectivity index (χ2v) is 8.20. The lowest BCUT2D eigenvalue weighted by Crippen LogP contribution is -2.51. The van der Waals surface area contributed by atoms with Gasteiger partial charge in [-0.25, -0.2) is 0 Å². The molecule has 0 heterocycles. The van der Waals surface area contributed by atoms with E-state index in [9.17, 15) is 0 Å². The summed E-state index contributed by atoms with van der Waals surface area (Å²) in [4.78, 5) is 0. The first-order valence-electron chi connectivity index (χ1n) is 7.33. The van der Waals surface area contributed by atoms with Crippen molar-refractivity contribution in [3.05, 3.63) is 0 Å². The first-order valence-corrected chi connectivity index (χ1v) is 9.27. The van der Waals surface area contributed by atoms with E-state index < -0.39 is 8.80 Å². The zero-order chi connectivity index (χ0) is 15.8. The van der Waals surface area contributed by atoms with Gasteiger partial charge in [-0.2, -0.15) is 0 Å². The summed E-state index contributed by atoms with van der Waals surface area (Å²) in [5.74, 6) is 0. The molecular weight excluding hydrogens is 276 g/mol. The quantitative estimate of drug-likeness (QED) is 0.433. The Bertz CT molecular complexity index is 215. The zero-order valence-corrected chi connectivity index (χ0v) is 15.3. The fraction of sp³-hybridized carbons (Fsp3) is 1.00. The van der Waals surface area contributed by atoms with Crippen LogP contribution in [0.3, 0.4) is 0 Å². The first kappa shape index (κ1) is 20.0. The molecule has 6 heteroatoms. The summed E-state index contributed by atoms with van der Waals surface area (Å²) in [6, 6.07) is 0.674. The highest BCUT2D eigenvalue weighted by Gasteiger charge is 2.44. The molecule has 0 aliphatic carbocycles. The van der Waals surface area contributed by atoms with Crippen molar-refractivity contribution in [2.24, 2.45) is 0 Å². The third-order valence-electron chi connectivity index (χ3n) is 2.46. The molecule has 122 valence electrons. The Balaban J connectivity index is 4.94. The smallest absolute Gasteiger partial charge is 0.371 e. The van der Waals surface area contributed by atoms with Gasteiger partial charge in [0.15, 0.2) is 6.29 Å². The van der Waals surface area contributed by atoms with Crippen molar-refractivity contribution < 1.29 is 22.8 Å². The molecular formula is C14H32O5Si. The number of hydrogen-bond acceptors (Lipinski definition) is 5. The van der Waals surface area contributed by atoms with Gasteiger partial charge in [0.2, 0.25) is 0 Å². The number of methoxy groups -OCH3 is 2. The van der Waals surface area contributed by atoms with Gasteiger partial charge in [0.05, 0.1) is 0 Å². The molecule has 0 radical (unpaired) electrons. The molecule has 0 rings (SSSR count). The molecule has 5 nitrogen and oxygen atoms in total. The fourth-order valence-corrected chi connectivity index (χ4v) is 5.23. The van der Waals surface area contributed by atoms with Crippen LogP contribution in [0.25, 0.3) is 0 Å². The second-order valence-electron chi connectivity index (χ2n) is 5.62. The molecule has 0 aliphatic heterocycles. The lowest BCUT2D eigenvalue weighted by molar-refractivity contribution is -0.106. The van der Waals surface area contributed by atoms with Crippen LogP contribution < -0.4 is 0 Å². The fourth-order valence-electron chi connectivity index (χ4n) is 1.96. The van der Waals surface area contributed by atoms with E-state index in [2.05, 4.69) is 0 Å². The Morgan fingerprint density at radius 1 is 0.700 bits per heavy atom. The van der Waals surface area contributed by atoms with E-state index in [4.69, 9.17) is 22.8 Å². The summed E-state index contributed by atoms with van der Waals surface area (Å²) in [5, 5.41) is 0. The molecule has 0 N–H and O–H groups in total. The molecule has 0 aliphatic rings. The highest BCUT2D eigenvalue weighted by molar-refractivity contribution is 6.60. The van der Waals surface area contributed by atoms with Crippen LogP contribution in [0.15, 0.2) is 0 Å². The molecule has 0 aromatic rings. The molecule has 0 atom stereocenters. The molecule has 20 heavy (non-hydrogen) atoms. The topological polar surface area (TPSA) is 46.2 Å². The number of ether oxygens (including phenoxy) is 2. The van der Waals surface area contributed by atoms with Crippen molar-refractivity contribution in [1.82, 2.24) is 0 Å². The summed E-state index contributed by atoms with van der Waals surface area (Å²) in [6.07, 6.45) is 0.600. The standard InChI is InChI=1S/C14H32O5Si/c1-11(2)17-20(18-12(3)4,19-13(5)6)10-9-14(15-7)16-8/h11-14H,9-10H2,1-8H3. The summed E-state index contributed by atoms with van der Waals surface area (Å²) >= 11 is 0. The number of hydrogen-bond donors (Lipinski definition) is 0. The van der Waals surface area contributed by atoms with Crippen LogP contribution in [-0.2, 0) is 22.8 Å². The minimum Gasteiger partial charge on any atom is -0.371 e. The van der Waals surface area contributed by atoms with E-state index in [1.165, 1.54) is 0 Å². The van der Waals surface area contributed by atoms with E-state index in [1.54, 1.807) is 14.2 Å². The van der Waals surface area contributed by atoms with Crippen molar-refractivity contribution in [3.8, 4) is 0 Å². The van der Waals surface area contributed by atoms with Crippen molar-refractivity contribution in [2.75, 3.05) is 14.2 Å². The van der Waals surface area contributed by atoms with Gasteiger partial charge >= 0.3 is 8.80 Å². The van der Waals surface area contributed by atoms with E-state index in [1.807, 2.05) is 41.5 Å². The molecule has 0 unspecified atom stereocenters. The Morgan fingerprint density at radius 3 is 1.30 bits per heavy atom. The van der Waals surface area contributed by atoms with Crippen LogP contribution in [0.4, 0.5) is 0 Å². The van der Waals surface area contributed by atoms with Crippen LogP contribution in [-0.4, -0.2) is 47.6 Å². The molecule has 0 saturated heterocycles. The largest absolute Gasteiger partial charge is 0.501 e. The average Bonchev–Trinajstić information content (AvgIpc) is 2.27. The van der Waals surface area contributed by atoms with E-state index in [0.29, 0.717) is 12.5 Å². The summed E-state index contributed by atoms with van der Waals surface area (Å²) < 4.78 is 28.7. The third kappa shape index (κ3) is 8.34. The van der Waals surface area contributed by atoms with Gasteiger partial charge in [0.25, 0.3) is 0 Å². The van der Waals surface area contributed by atoms with E-state index >= 15 is 0 Å². The maximum Gasteiger partial charge on any atom is 0.501 e. The summed E-state index contributed by atoms with van der Waals surface area (Å²) in [5.41, 5.74) is 0. The predicted molar refractivity (Wildman–Crippen MR) is 81.6 cm³/mol. The van der Waals surface area contributed by atoms with Gasteiger partial charge in [-0.05, 0) is 41.5 Å². The van der Waals surface area contributed by atoms with Gasteiger partial charge in [0, 0.05) is 45.0 Å². The maximum atomic E-state index is 6.08. The average molecular weight is 308 g/mol. The van der Waals surface area contributed by atoms with Gasteiger partial charge in [-0.15, -0.1) is 0 Å². The molecule has 0 amide bonds. The minimum atomic E-state index is -2.74. The second kappa shape index (κ2) is 9.86. The van der Waals surface area contributed by atoms with Gasteiger partial charge in [0.1, 0.15) is 0 Å². The number of rotatable bonds is 11. The highest BCUT2D eigenvalue weighted by atomic mass is 28.4. The van der Waals surface area contributed by atoms with Gasteiger partial charge in [-0.3, -0.25) is 0 Å². The van der Waals surface area contributed by atoms with Crippen molar-refractivity contribution >= 4 is 8.80 Å². The van der Waals surface area contributed by atoms with Crippen LogP contribution in [0.2, 0.25) is 6.04 Å². The van der Waals surface area contributed by atoms with Crippen LogP contribution >= 0.6 is 0 Å². The van der Waals surface area contributed by atoms with Crippen LogP contribution in [0.1, 0.15) is 48.0 Å². The third-order valence-corrected chi connectivity index (χ3v) is 5.85. The molecule has 0 aromatic carbocycles. The Kier molecular flexibility index (Phi) is 9.87. The SMILES string of the molecule is COC(CC[Si](OC(C)C)(OC(C)C)OC(C)C)OC. The Morgan fingerprint density at radius 2 is 1.05 bits per heavy atom. The Hall–Kier alpha value is 0.0169. The van der Waals surface area contributed by atoms with E-state index in [-0.39, 0.29) is 24.6 Å². The van der Waals surface area contributed by atoms with E-state index in [0.717, 1.165) is 0 Å². The van der Waals surface area contributed by atoms with Gasteiger partial charge < -0.3 is 22.8 Å².